The lowest BCUT2D eigenvalue weighted by atomic mass is 10.2. The molecule has 74 valence electrons. The molecule has 0 atom stereocenters. The first-order valence-corrected chi connectivity index (χ1v) is 3.72. The van der Waals surface area contributed by atoms with Crippen molar-refractivity contribution in [2.24, 2.45) is 0 Å². The van der Waals surface area contributed by atoms with Crippen LogP contribution >= 0.6 is 0 Å². The SMILES string of the molecule is C=CCc1[nH]c(C(=O)O)nc1C(=O)O. The van der Waals surface area contributed by atoms with Crippen LogP contribution in [0.1, 0.15) is 26.8 Å². The number of hydrogen-bond acceptors (Lipinski definition) is 3. The number of nitrogens with one attached hydrogen (secondary N) is 1. The molecule has 0 fully saturated rings. The minimum Gasteiger partial charge on any atom is -0.476 e. The number of carboxylic acid groups (broad SMARTS) is 2. The van der Waals surface area contributed by atoms with Crippen LogP contribution in [0.25, 0.3) is 0 Å². The van der Waals surface area contributed by atoms with Gasteiger partial charge in [0.25, 0.3) is 0 Å². The molecule has 0 saturated heterocycles. The number of hydrogen-bond donors (Lipinski definition) is 3. The van der Waals surface area contributed by atoms with E-state index in [0.717, 1.165) is 0 Å². The van der Waals surface area contributed by atoms with Gasteiger partial charge in [0, 0.05) is 6.42 Å². The maximum Gasteiger partial charge on any atom is 0.371 e. The molecule has 1 rings (SSSR count). The number of nitrogens with zero attached hydrogens (tertiary/aromatic N) is 1. The van der Waals surface area contributed by atoms with E-state index in [1.54, 1.807) is 0 Å². The van der Waals surface area contributed by atoms with Gasteiger partial charge in [-0.05, 0) is 0 Å². The molecule has 0 aromatic carbocycles. The van der Waals surface area contributed by atoms with Crippen molar-refractivity contribution in [1.29, 1.82) is 0 Å². The third-order valence-corrected chi connectivity index (χ3v) is 1.53. The highest BCUT2D eigenvalue weighted by molar-refractivity contribution is 5.90. The number of carbonyl (C=O) groups is 2. The number of aromatic amines is 1. The second kappa shape index (κ2) is 3.73. The molecule has 0 bridgehead atoms. The van der Waals surface area contributed by atoms with Crippen LogP contribution in [0.4, 0.5) is 0 Å². The summed E-state index contributed by atoms with van der Waals surface area (Å²) in [5.74, 6) is -2.92. The third kappa shape index (κ3) is 1.79. The van der Waals surface area contributed by atoms with Crippen molar-refractivity contribution < 1.29 is 19.8 Å². The predicted octanol–water partition coefficient (Wildman–Crippen LogP) is 0.535. The van der Waals surface area contributed by atoms with Crippen molar-refractivity contribution in [1.82, 2.24) is 9.97 Å². The Labute approximate surface area is 78.9 Å². The van der Waals surface area contributed by atoms with Gasteiger partial charge in [-0.3, -0.25) is 0 Å². The summed E-state index contributed by atoms with van der Waals surface area (Å²) in [6, 6.07) is 0. The largest absolute Gasteiger partial charge is 0.476 e. The van der Waals surface area contributed by atoms with Crippen LogP contribution < -0.4 is 0 Å². The van der Waals surface area contributed by atoms with Crippen LogP contribution in [0.3, 0.4) is 0 Å². The van der Waals surface area contributed by atoms with Gasteiger partial charge in [-0.1, -0.05) is 6.08 Å². The standard InChI is InChI=1S/C8H8N2O4/c1-2-3-4-5(7(11)12)10-6(9-4)8(13)14/h2H,1,3H2,(H,9,10)(H,11,12)(H,13,14). The Morgan fingerprint density at radius 1 is 1.43 bits per heavy atom. The smallest absolute Gasteiger partial charge is 0.371 e. The van der Waals surface area contributed by atoms with E-state index < -0.39 is 11.9 Å². The summed E-state index contributed by atoms with van der Waals surface area (Å²) in [5, 5.41) is 17.2. The molecule has 6 nitrogen and oxygen atoms in total. The Morgan fingerprint density at radius 3 is 2.50 bits per heavy atom. The first-order valence-electron chi connectivity index (χ1n) is 3.72. The Bertz CT molecular complexity index is 394. The van der Waals surface area contributed by atoms with Crippen molar-refractivity contribution >= 4 is 11.9 Å². The van der Waals surface area contributed by atoms with Gasteiger partial charge in [0.05, 0.1) is 5.69 Å². The lowest BCUT2D eigenvalue weighted by molar-refractivity contribution is 0.0684. The van der Waals surface area contributed by atoms with Crippen molar-refractivity contribution in [3.63, 3.8) is 0 Å². The maximum atomic E-state index is 10.6. The molecule has 6 heteroatoms. The number of aromatic carboxylic acids is 2. The van der Waals surface area contributed by atoms with E-state index in [1.165, 1.54) is 6.08 Å². The lowest BCUT2D eigenvalue weighted by Gasteiger charge is -1.91. The monoisotopic (exact) mass is 196 g/mol. The fourth-order valence-corrected chi connectivity index (χ4v) is 0.980. The van der Waals surface area contributed by atoms with E-state index in [0.29, 0.717) is 0 Å². The van der Waals surface area contributed by atoms with Crippen molar-refractivity contribution in [2.45, 2.75) is 6.42 Å². The second-order valence-corrected chi connectivity index (χ2v) is 2.52. The zero-order chi connectivity index (χ0) is 10.7. The van der Waals surface area contributed by atoms with Gasteiger partial charge >= 0.3 is 11.9 Å². The number of imidazole rings is 1. The Morgan fingerprint density at radius 2 is 2.07 bits per heavy atom. The number of rotatable bonds is 4. The van der Waals surface area contributed by atoms with Gasteiger partial charge in [0.1, 0.15) is 0 Å². The van der Waals surface area contributed by atoms with Crippen molar-refractivity contribution in [3.05, 3.63) is 29.9 Å². The van der Waals surface area contributed by atoms with E-state index in [9.17, 15) is 9.59 Å². The van der Waals surface area contributed by atoms with Crippen LogP contribution in [0, 0.1) is 0 Å². The zero-order valence-electron chi connectivity index (χ0n) is 7.15. The molecule has 3 N–H and O–H groups in total. The molecule has 1 aromatic rings. The molecule has 1 heterocycles. The Balaban J connectivity index is 3.18. The molecular formula is C8H8N2O4. The average Bonchev–Trinajstić information content (AvgIpc) is 2.49. The quantitative estimate of drug-likeness (QED) is 0.609. The fraction of sp³-hybridized carbons (Fsp3) is 0.125. The number of carboxylic acids is 2. The van der Waals surface area contributed by atoms with Gasteiger partial charge in [-0.15, -0.1) is 6.58 Å². The summed E-state index contributed by atoms with van der Waals surface area (Å²) >= 11 is 0. The molecule has 0 aliphatic carbocycles. The van der Waals surface area contributed by atoms with Gasteiger partial charge in [0.15, 0.2) is 5.69 Å². The van der Waals surface area contributed by atoms with Crippen LogP contribution in [-0.2, 0) is 6.42 Å². The van der Waals surface area contributed by atoms with Crippen LogP contribution in [-0.4, -0.2) is 32.1 Å². The molecule has 0 saturated carbocycles. The molecule has 0 aliphatic rings. The van der Waals surface area contributed by atoms with E-state index in [1.807, 2.05) is 0 Å². The molecule has 0 aliphatic heterocycles. The maximum absolute atomic E-state index is 10.6. The summed E-state index contributed by atoms with van der Waals surface area (Å²) < 4.78 is 0. The predicted molar refractivity (Wildman–Crippen MR) is 46.4 cm³/mol. The average molecular weight is 196 g/mol. The minimum absolute atomic E-state index is 0.238. The molecule has 0 unspecified atom stereocenters. The van der Waals surface area contributed by atoms with Crippen molar-refractivity contribution in [2.75, 3.05) is 0 Å². The highest BCUT2D eigenvalue weighted by Crippen LogP contribution is 2.07. The van der Waals surface area contributed by atoms with E-state index in [-0.39, 0.29) is 23.6 Å². The normalized spacial score (nSPS) is 9.71. The molecule has 0 amide bonds. The second-order valence-electron chi connectivity index (χ2n) is 2.52. The topological polar surface area (TPSA) is 103 Å². The Kier molecular flexibility index (Phi) is 2.66. The van der Waals surface area contributed by atoms with Gasteiger partial charge in [-0.25, -0.2) is 14.6 Å². The number of allylic oxidation sites excluding steroid dienone is 1. The molecule has 14 heavy (non-hydrogen) atoms. The molecule has 1 aromatic heterocycles. The van der Waals surface area contributed by atoms with Crippen LogP contribution in [0.15, 0.2) is 12.7 Å². The summed E-state index contributed by atoms with van der Waals surface area (Å²) in [5.41, 5.74) is -0.0350. The summed E-state index contributed by atoms with van der Waals surface area (Å²) in [6.45, 7) is 3.42. The molecular weight excluding hydrogens is 188 g/mol. The highest BCUT2D eigenvalue weighted by Gasteiger charge is 2.18. The van der Waals surface area contributed by atoms with Gasteiger partial charge < -0.3 is 15.2 Å². The summed E-state index contributed by atoms with van der Waals surface area (Å²) in [4.78, 5) is 26.9. The van der Waals surface area contributed by atoms with Gasteiger partial charge in [-0.2, -0.15) is 0 Å². The first kappa shape index (κ1) is 9.97. The number of aromatic nitrogens is 2. The third-order valence-electron chi connectivity index (χ3n) is 1.53. The van der Waals surface area contributed by atoms with Crippen LogP contribution in [0.5, 0.6) is 0 Å². The minimum atomic E-state index is -1.29. The van der Waals surface area contributed by atoms with E-state index in [4.69, 9.17) is 10.2 Å². The number of H-pyrrole nitrogens is 1. The molecule has 0 radical (unpaired) electrons. The van der Waals surface area contributed by atoms with Gasteiger partial charge in [0.2, 0.25) is 5.82 Å². The highest BCUT2D eigenvalue weighted by atomic mass is 16.4. The molecule has 0 spiro atoms. The Hall–Kier alpha value is -2.11. The van der Waals surface area contributed by atoms with Crippen molar-refractivity contribution in [3.8, 4) is 0 Å². The fourth-order valence-electron chi connectivity index (χ4n) is 0.980. The lowest BCUT2D eigenvalue weighted by Crippen LogP contribution is -2.02. The van der Waals surface area contributed by atoms with E-state index >= 15 is 0 Å². The van der Waals surface area contributed by atoms with Crippen LogP contribution in [0.2, 0.25) is 0 Å². The zero-order valence-corrected chi connectivity index (χ0v) is 7.15. The van der Waals surface area contributed by atoms with E-state index in [2.05, 4.69) is 16.5 Å². The summed E-state index contributed by atoms with van der Waals surface area (Å²) in [6.07, 6.45) is 1.70. The first-order chi connectivity index (χ1) is 6.56. The summed E-state index contributed by atoms with van der Waals surface area (Å²) in [7, 11) is 0.